The summed E-state index contributed by atoms with van der Waals surface area (Å²) in [5.74, 6) is 1.47. The van der Waals surface area contributed by atoms with Crippen LogP contribution in [0.1, 0.15) is 43.7 Å². The summed E-state index contributed by atoms with van der Waals surface area (Å²) < 4.78 is 5.44. The first kappa shape index (κ1) is 22.7. The molecular weight excluding hydrogens is 444 g/mol. The summed E-state index contributed by atoms with van der Waals surface area (Å²) >= 11 is 6.36. The van der Waals surface area contributed by atoms with Crippen molar-refractivity contribution in [3.8, 4) is 16.9 Å². The first-order chi connectivity index (χ1) is 16.5. The molecule has 5 rings (SSSR count). The number of fused-ring (bicyclic) bond motifs is 1. The van der Waals surface area contributed by atoms with Gasteiger partial charge in [0.05, 0.1) is 12.6 Å². The van der Waals surface area contributed by atoms with Crippen molar-refractivity contribution in [1.82, 2.24) is 9.88 Å². The molecule has 2 aliphatic rings. The van der Waals surface area contributed by atoms with E-state index < -0.39 is 0 Å². The molecule has 2 aromatic carbocycles. The standard InChI is InChI=1S/C29H29ClN2O2/c1-4-28(33)32-11-9-20(10-12-32)29-25-15-21(22-13-23(30)16-24(14-22)34-3)7-8-27(25)31-17-26(29)18(2)19-5-6-19/h7-9,13-17,19H,2,4-6,10-12H2,1,3H3. The minimum Gasteiger partial charge on any atom is -0.497 e. The fourth-order valence-electron chi connectivity index (χ4n) is 4.81. The summed E-state index contributed by atoms with van der Waals surface area (Å²) in [5, 5.41) is 1.75. The molecule has 0 saturated heterocycles. The van der Waals surface area contributed by atoms with Gasteiger partial charge in [0.2, 0.25) is 5.91 Å². The van der Waals surface area contributed by atoms with E-state index >= 15 is 0 Å². The van der Waals surface area contributed by atoms with Crippen molar-refractivity contribution >= 4 is 39.6 Å². The summed E-state index contributed by atoms with van der Waals surface area (Å²) in [7, 11) is 1.65. The Morgan fingerprint density at radius 1 is 1.21 bits per heavy atom. The van der Waals surface area contributed by atoms with Gasteiger partial charge in [0.1, 0.15) is 5.75 Å². The molecule has 0 bridgehead atoms. The minimum atomic E-state index is 0.203. The lowest BCUT2D eigenvalue weighted by atomic mass is 9.87. The molecule has 1 saturated carbocycles. The number of nitrogens with zero attached hydrogens (tertiary/aromatic N) is 2. The zero-order valence-corrected chi connectivity index (χ0v) is 20.5. The second-order valence-electron chi connectivity index (χ2n) is 9.13. The topological polar surface area (TPSA) is 42.4 Å². The minimum absolute atomic E-state index is 0.203. The van der Waals surface area contributed by atoms with Crippen molar-refractivity contribution < 1.29 is 9.53 Å². The van der Waals surface area contributed by atoms with E-state index in [1.54, 1.807) is 7.11 Å². The summed E-state index contributed by atoms with van der Waals surface area (Å²) in [4.78, 5) is 19.0. The summed E-state index contributed by atoms with van der Waals surface area (Å²) in [5.41, 5.74) is 7.80. The number of benzene rings is 2. The monoisotopic (exact) mass is 472 g/mol. The van der Waals surface area contributed by atoms with Crippen LogP contribution in [0.2, 0.25) is 5.02 Å². The number of allylic oxidation sites excluding steroid dienone is 1. The Morgan fingerprint density at radius 3 is 2.71 bits per heavy atom. The number of pyridine rings is 1. The van der Waals surface area contributed by atoms with Crippen molar-refractivity contribution in [1.29, 1.82) is 0 Å². The fourth-order valence-corrected chi connectivity index (χ4v) is 5.03. The number of ether oxygens (including phenoxy) is 1. The molecule has 4 nitrogen and oxygen atoms in total. The molecule has 1 amide bonds. The van der Waals surface area contributed by atoms with Crippen molar-refractivity contribution in [2.45, 2.75) is 32.6 Å². The van der Waals surface area contributed by atoms with Gasteiger partial charge in [0.25, 0.3) is 0 Å². The van der Waals surface area contributed by atoms with Gasteiger partial charge in [-0.1, -0.05) is 37.2 Å². The molecule has 1 aliphatic carbocycles. The van der Waals surface area contributed by atoms with Crippen LogP contribution in [0.3, 0.4) is 0 Å². The molecule has 174 valence electrons. The predicted octanol–water partition coefficient (Wildman–Crippen LogP) is 7.01. The molecule has 34 heavy (non-hydrogen) atoms. The van der Waals surface area contributed by atoms with Gasteiger partial charge in [-0.05, 0) is 83.3 Å². The highest BCUT2D eigenvalue weighted by atomic mass is 35.5. The molecule has 0 N–H and O–H groups in total. The number of hydrogen-bond acceptors (Lipinski definition) is 3. The normalized spacial score (nSPS) is 15.9. The third kappa shape index (κ3) is 4.35. The molecule has 0 spiro atoms. The Balaban J connectivity index is 1.66. The lowest BCUT2D eigenvalue weighted by Gasteiger charge is -2.28. The number of hydrogen-bond donors (Lipinski definition) is 0. The summed E-state index contributed by atoms with van der Waals surface area (Å²) in [6, 6.07) is 12.1. The van der Waals surface area contributed by atoms with Crippen LogP contribution < -0.4 is 4.74 Å². The van der Waals surface area contributed by atoms with Crippen molar-refractivity contribution in [2.24, 2.45) is 5.92 Å². The first-order valence-electron chi connectivity index (χ1n) is 11.9. The smallest absolute Gasteiger partial charge is 0.222 e. The zero-order chi connectivity index (χ0) is 23.8. The molecule has 2 heterocycles. The third-order valence-corrected chi connectivity index (χ3v) is 7.13. The number of rotatable bonds is 6. The molecule has 1 aromatic heterocycles. The van der Waals surface area contributed by atoms with Gasteiger partial charge in [-0.15, -0.1) is 0 Å². The maximum Gasteiger partial charge on any atom is 0.222 e. The maximum absolute atomic E-state index is 12.2. The van der Waals surface area contributed by atoms with Crippen LogP contribution in [0.4, 0.5) is 0 Å². The van der Waals surface area contributed by atoms with Gasteiger partial charge in [-0.2, -0.15) is 0 Å². The largest absolute Gasteiger partial charge is 0.497 e. The van der Waals surface area contributed by atoms with Gasteiger partial charge in [0.15, 0.2) is 0 Å². The van der Waals surface area contributed by atoms with Crippen LogP contribution in [0.5, 0.6) is 5.75 Å². The Labute approximate surface area is 205 Å². The predicted molar refractivity (Wildman–Crippen MR) is 140 cm³/mol. The SMILES string of the molecule is C=C(c1cnc2ccc(-c3cc(Cl)cc(OC)c3)cc2c1C1=CCN(C(=O)CC)CC1)C1CC1. The van der Waals surface area contributed by atoms with Crippen LogP contribution in [0.25, 0.3) is 33.2 Å². The molecule has 0 atom stereocenters. The second-order valence-corrected chi connectivity index (χ2v) is 9.57. The Hall–Kier alpha value is -3.11. The van der Waals surface area contributed by atoms with Crippen LogP contribution in [-0.2, 0) is 4.79 Å². The number of carbonyl (C=O) groups is 1. The lowest BCUT2D eigenvalue weighted by Crippen LogP contribution is -2.34. The lowest BCUT2D eigenvalue weighted by molar-refractivity contribution is -0.130. The van der Waals surface area contributed by atoms with Crippen LogP contribution >= 0.6 is 11.6 Å². The molecule has 3 aromatic rings. The summed E-state index contributed by atoms with van der Waals surface area (Å²) in [6.07, 6.45) is 7.95. The van der Waals surface area contributed by atoms with Crippen molar-refractivity contribution in [2.75, 3.05) is 20.2 Å². The number of amides is 1. The van der Waals surface area contributed by atoms with Crippen molar-refractivity contribution in [3.05, 3.63) is 71.4 Å². The van der Waals surface area contributed by atoms with E-state index in [4.69, 9.17) is 21.3 Å². The average Bonchev–Trinajstić information content (AvgIpc) is 3.72. The van der Waals surface area contributed by atoms with Crippen molar-refractivity contribution in [3.63, 3.8) is 0 Å². The molecular formula is C29H29ClN2O2. The zero-order valence-electron chi connectivity index (χ0n) is 19.7. The van der Waals surface area contributed by atoms with E-state index in [2.05, 4.69) is 30.9 Å². The molecule has 0 radical (unpaired) electrons. The number of carbonyl (C=O) groups excluding carboxylic acids is 1. The van der Waals surface area contributed by atoms with Gasteiger partial charge in [-0.25, -0.2) is 0 Å². The molecule has 1 aliphatic heterocycles. The maximum atomic E-state index is 12.2. The van der Waals surface area contributed by atoms with E-state index in [0.29, 0.717) is 23.9 Å². The van der Waals surface area contributed by atoms with Crippen LogP contribution in [0, 0.1) is 5.92 Å². The van der Waals surface area contributed by atoms with Gasteiger partial charge in [0, 0.05) is 41.7 Å². The third-order valence-electron chi connectivity index (χ3n) is 6.91. The summed E-state index contributed by atoms with van der Waals surface area (Å²) in [6.45, 7) is 7.76. The first-order valence-corrected chi connectivity index (χ1v) is 12.3. The van der Waals surface area contributed by atoms with E-state index in [0.717, 1.165) is 46.3 Å². The van der Waals surface area contributed by atoms with Crippen LogP contribution in [0.15, 0.2) is 55.3 Å². The van der Waals surface area contributed by atoms with Crippen LogP contribution in [-0.4, -0.2) is 36.0 Å². The van der Waals surface area contributed by atoms with Gasteiger partial charge >= 0.3 is 0 Å². The fraction of sp³-hybridized carbons (Fsp3) is 0.310. The quantitative estimate of drug-likeness (QED) is 0.387. The van der Waals surface area contributed by atoms with E-state index in [9.17, 15) is 4.79 Å². The van der Waals surface area contributed by atoms with E-state index in [-0.39, 0.29) is 5.91 Å². The highest BCUT2D eigenvalue weighted by molar-refractivity contribution is 6.31. The average molecular weight is 473 g/mol. The highest BCUT2D eigenvalue weighted by Crippen LogP contribution is 2.45. The Bertz CT molecular complexity index is 1320. The molecule has 5 heteroatoms. The highest BCUT2D eigenvalue weighted by Gasteiger charge is 2.29. The van der Waals surface area contributed by atoms with E-state index in [1.807, 2.05) is 36.2 Å². The molecule has 1 fully saturated rings. The number of methoxy groups -OCH3 is 1. The second kappa shape index (κ2) is 9.27. The number of aromatic nitrogens is 1. The Kier molecular flexibility index (Phi) is 6.18. The molecule has 0 unspecified atom stereocenters. The van der Waals surface area contributed by atoms with E-state index in [1.165, 1.54) is 29.6 Å². The number of halogens is 1. The van der Waals surface area contributed by atoms with Gasteiger partial charge in [-0.3, -0.25) is 9.78 Å². The Morgan fingerprint density at radius 2 is 2.03 bits per heavy atom. The van der Waals surface area contributed by atoms with Gasteiger partial charge < -0.3 is 9.64 Å².